The molecule has 3 aliphatic rings. The minimum atomic E-state index is -1.43. The molecule has 3 heterocycles. The number of amides is 3. The molecule has 2 saturated heterocycles. The molecule has 9 heteroatoms. The lowest BCUT2D eigenvalue weighted by Crippen LogP contribution is -2.53. The highest BCUT2D eigenvalue weighted by molar-refractivity contribution is 6.15. The Morgan fingerprint density at radius 2 is 1.80 bits per heavy atom. The number of ether oxygens (including phenoxy) is 1. The largest absolute Gasteiger partial charge is 0.497 e. The number of nitrogens with one attached hydrogen (secondary N) is 2. The van der Waals surface area contributed by atoms with Crippen LogP contribution in [0.3, 0.4) is 0 Å². The number of nitrogens with zero attached hydrogens (tertiary/aromatic N) is 1. The van der Waals surface area contributed by atoms with E-state index < -0.39 is 35.3 Å². The monoisotopic (exact) mass is 477 g/mol. The molecule has 1 spiro atoms. The van der Waals surface area contributed by atoms with Gasteiger partial charge < -0.3 is 15.2 Å². The number of benzene rings is 2. The van der Waals surface area contributed by atoms with Crippen LogP contribution in [0.4, 0.5) is 5.69 Å². The molecule has 182 valence electrons. The molecular formula is C26H27N3O6. The molecule has 9 nitrogen and oxygen atoms in total. The van der Waals surface area contributed by atoms with Crippen LogP contribution < -0.4 is 15.4 Å². The van der Waals surface area contributed by atoms with Crippen LogP contribution in [-0.4, -0.2) is 46.8 Å². The van der Waals surface area contributed by atoms with Gasteiger partial charge in [-0.25, -0.2) is 0 Å². The van der Waals surface area contributed by atoms with Gasteiger partial charge in [0.2, 0.25) is 17.7 Å². The van der Waals surface area contributed by atoms with Gasteiger partial charge in [0.15, 0.2) is 0 Å². The summed E-state index contributed by atoms with van der Waals surface area (Å²) in [6.45, 7) is 3.91. The lowest BCUT2D eigenvalue weighted by Gasteiger charge is -2.29. The summed E-state index contributed by atoms with van der Waals surface area (Å²) in [4.78, 5) is 53.5. The van der Waals surface area contributed by atoms with Gasteiger partial charge >= 0.3 is 5.97 Å². The fourth-order valence-corrected chi connectivity index (χ4v) is 5.78. The molecule has 0 saturated carbocycles. The van der Waals surface area contributed by atoms with E-state index in [2.05, 4.69) is 10.6 Å². The first kappa shape index (κ1) is 23.0. The average molecular weight is 478 g/mol. The van der Waals surface area contributed by atoms with Crippen LogP contribution in [0.15, 0.2) is 36.4 Å². The Morgan fingerprint density at radius 3 is 2.46 bits per heavy atom. The number of fused-ring (bicyclic) bond motifs is 4. The molecule has 2 unspecified atom stereocenters. The number of rotatable bonds is 6. The molecule has 5 rings (SSSR count). The van der Waals surface area contributed by atoms with E-state index in [-0.39, 0.29) is 31.2 Å². The van der Waals surface area contributed by atoms with E-state index in [9.17, 15) is 24.3 Å². The van der Waals surface area contributed by atoms with Crippen LogP contribution >= 0.6 is 0 Å². The minimum Gasteiger partial charge on any atom is -0.497 e. The molecule has 0 aromatic heterocycles. The summed E-state index contributed by atoms with van der Waals surface area (Å²) in [5.41, 5.74) is 2.49. The fraction of sp³-hybridized carbons (Fsp3) is 0.385. The average Bonchev–Trinajstić information content (AvgIpc) is 3.41. The van der Waals surface area contributed by atoms with E-state index in [1.807, 2.05) is 26.0 Å². The minimum absolute atomic E-state index is 0.0673. The van der Waals surface area contributed by atoms with Gasteiger partial charge in [-0.2, -0.15) is 0 Å². The van der Waals surface area contributed by atoms with Crippen molar-refractivity contribution in [3.8, 4) is 5.75 Å². The standard InChI is InChI=1S/C26H27N3O6/c1-13-4-9-17-22(14(13)2)27-25(34)26(17)21-20(18(28-26)10-11-19(30)31)23(32)29(24(21)33)12-15-5-7-16(35-3)8-6-15/h4-9,18,20-21,28H,10-12H2,1-3H3,(H,27,34)(H,30,31)/t18?,20-,21+,26?/m1/s1. The first-order valence-corrected chi connectivity index (χ1v) is 11.6. The number of aryl methyl sites for hydroxylation is 1. The van der Waals surface area contributed by atoms with E-state index in [1.165, 1.54) is 4.90 Å². The van der Waals surface area contributed by atoms with Crippen molar-refractivity contribution in [2.24, 2.45) is 11.8 Å². The topological polar surface area (TPSA) is 125 Å². The number of hydrogen-bond acceptors (Lipinski definition) is 6. The molecule has 3 aliphatic heterocycles. The molecule has 2 aromatic carbocycles. The molecule has 0 radical (unpaired) electrons. The van der Waals surface area contributed by atoms with Crippen LogP contribution in [-0.2, 0) is 31.3 Å². The van der Waals surface area contributed by atoms with E-state index in [0.29, 0.717) is 17.0 Å². The normalized spacial score (nSPS) is 26.8. The fourth-order valence-electron chi connectivity index (χ4n) is 5.78. The first-order valence-electron chi connectivity index (χ1n) is 11.6. The number of carboxylic acids is 1. The van der Waals surface area contributed by atoms with Gasteiger partial charge in [-0.3, -0.25) is 29.4 Å². The van der Waals surface area contributed by atoms with Gasteiger partial charge in [0.1, 0.15) is 11.3 Å². The quantitative estimate of drug-likeness (QED) is 0.544. The Kier molecular flexibility index (Phi) is 5.40. The molecular weight excluding hydrogens is 450 g/mol. The van der Waals surface area contributed by atoms with Gasteiger partial charge in [-0.1, -0.05) is 24.3 Å². The number of imide groups is 1. The Balaban J connectivity index is 1.57. The van der Waals surface area contributed by atoms with Gasteiger partial charge in [-0.05, 0) is 49.1 Å². The maximum absolute atomic E-state index is 13.8. The molecule has 4 atom stereocenters. The predicted molar refractivity (Wildman–Crippen MR) is 126 cm³/mol. The van der Waals surface area contributed by atoms with Crippen molar-refractivity contribution < 1.29 is 29.0 Å². The lowest BCUT2D eigenvalue weighted by molar-refractivity contribution is -0.144. The van der Waals surface area contributed by atoms with Crippen LogP contribution in [0.1, 0.15) is 35.1 Å². The molecule has 0 aliphatic carbocycles. The number of likely N-dealkylation sites (tertiary alicyclic amines) is 1. The third-order valence-electron chi connectivity index (χ3n) is 7.68. The smallest absolute Gasteiger partial charge is 0.303 e. The predicted octanol–water partition coefficient (Wildman–Crippen LogP) is 2.10. The second-order valence-corrected chi connectivity index (χ2v) is 9.49. The summed E-state index contributed by atoms with van der Waals surface area (Å²) in [5, 5.41) is 15.5. The third-order valence-corrected chi connectivity index (χ3v) is 7.68. The summed E-state index contributed by atoms with van der Waals surface area (Å²) in [6, 6.07) is 10.2. The van der Waals surface area contributed by atoms with Gasteiger partial charge in [0.25, 0.3) is 0 Å². The Labute approximate surface area is 202 Å². The lowest BCUT2D eigenvalue weighted by atomic mass is 9.76. The molecule has 2 aromatic rings. The highest BCUT2D eigenvalue weighted by Gasteiger charge is 2.70. The second kappa shape index (κ2) is 8.20. The summed E-state index contributed by atoms with van der Waals surface area (Å²) in [6.07, 6.45) is -0.0561. The zero-order valence-electron chi connectivity index (χ0n) is 19.8. The zero-order chi connectivity index (χ0) is 25.1. The Hall–Kier alpha value is -3.72. The van der Waals surface area contributed by atoms with Crippen LogP contribution in [0.5, 0.6) is 5.75 Å². The number of aliphatic carboxylic acids is 1. The van der Waals surface area contributed by atoms with Gasteiger partial charge in [0, 0.05) is 23.7 Å². The van der Waals surface area contributed by atoms with E-state index in [1.54, 1.807) is 31.4 Å². The number of anilines is 1. The van der Waals surface area contributed by atoms with Crippen LogP contribution in [0.25, 0.3) is 0 Å². The zero-order valence-corrected chi connectivity index (χ0v) is 19.8. The van der Waals surface area contributed by atoms with Crippen molar-refractivity contribution in [1.29, 1.82) is 0 Å². The molecule has 0 bridgehead atoms. The van der Waals surface area contributed by atoms with Crippen molar-refractivity contribution in [2.75, 3.05) is 12.4 Å². The van der Waals surface area contributed by atoms with Gasteiger partial charge in [-0.15, -0.1) is 0 Å². The number of carbonyl (C=O) groups excluding carboxylic acids is 3. The van der Waals surface area contributed by atoms with Gasteiger partial charge in [0.05, 0.1) is 25.5 Å². The number of hydrogen-bond donors (Lipinski definition) is 3. The Bertz CT molecular complexity index is 1260. The number of carbonyl (C=O) groups is 4. The SMILES string of the molecule is COc1ccc(CN2C(=O)[C@@H]3C(CCC(=O)O)NC4(C(=O)Nc5c4ccc(C)c5C)[C@@H]3C2=O)cc1. The third kappa shape index (κ3) is 3.33. The van der Waals surface area contributed by atoms with Crippen molar-refractivity contribution >= 4 is 29.4 Å². The highest BCUT2D eigenvalue weighted by Crippen LogP contribution is 2.54. The highest BCUT2D eigenvalue weighted by atomic mass is 16.5. The van der Waals surface area contributed by atoms with Crippen LogP contribution in [0.2, 0.25) is 0 Å². The summed E-state index contributed by atoms with van der Waals surface area (Å²) in [5.74, 6) is -3.34. The summed E-state index contributed by atoms with van der Waals surface area (Å²) >= 11 is 0. The molecule has 2 fully saturated rings. The van der Waals surface area contributed by atoms with Crippen molar-refractivity contribution in [2.45, 2.75) is 44.8 Å². The summed E-state index contributed by atoms with van der Waals surface area (Å²) in [7, 11) is 1.56. The van der Waals surface area contributed by atoms with Crippen molar-refractivity contribution in [1.82, 2.24) is 10.2 Å². The molecule has 3 amide bonds. The van der Waals surface area contributed by atoms with E-state index in [4.69, 9.17) is 4.74 Å². The first-order chi connectivity index (χ1) is 16.7. The van der Waals surface area contributed by atoms with Crippen LogP contribution in [0, 0.1) is 25.7 Å². The summed E-state index contributed by atoms with van der Waals surface area (Å²) < 4.78 is 5.18. The van der Waals surface area contributed by atoms with Crippen molar-refractivity contribution in [3.05, 3.63) is 58.7 Å². The Morgan fingerprint density at radius 1 is 1.09 bits per heavy atom. The molecule has 3 N–H and O–H groups in total. The molecule has 35 heavy (non-hydrogen) atoms. The van der Waals surface area contributed by atoms with Crippen molar-refractivity contribution in [3.63, 3.8) is 0 Å². The maximum atomic E-state index is 13.8. The maximum Gasteiger partial charge on any atom is 0.303 e. The van der Waals surface area contributed by atoms with E-state index in [0.717, 1.165) is 16.7 Å². The second-order valence-electron chi connectivity index (χ2n) is 9.49. The van der Waals surface area contributed by atoms with E-state index >= 15 is 0 Å². The number of methoxy groups -OCH3 is 1. The number of carboxylic acid groups (broad SMARTS) is 1.